The van der Waals surface area contributed by atoms with Crippen molar-refractivity contribution in [2.45, 2.75) is 32.4 Å². The van der Waals surface area contributed by atoms with Crippen molar-refractivity contribution < 1.29 is 19.0 Å². The first-order valence-electron chi connectivity index (χ1n) is 13.7. The van der Waals surface area contributed by atoms with E-state index in [1.807, 2.05) is 67.6 Å². The molecule has 0 radical (unpaired) electrons. The minimum Gasteiger partial charge on any atom is -0.410 e. The van der Waals surface area contributed by atoms with Crippen LogP contribution in [0.3, 0.4) is 0 Å². The molecule has 4 aromatic rings. The van der Waals surface area contributed by atoms with Gasteiger partial charge in [0, 0.05) is 41.9 Å². The van der Waals surface area contributed by atoms with E-state index in [-0.39, 0.29) is 0 Å². The van der Waals surface area contributed by atoms with Crippen LogP contribution in [0.25, 0.3) is 10.9 Å². The number of aryl methyl sites for hydroxylation is 2. The lowest BCUT2D eigenvalue weighted by Crippen LogP contribution is -2.42. The number of nitrogens with one attached hydrogen (secondary N) is 1. The predicted octanol–water partition coefficient (Wildman–Crippen LogP) is 6.06. The molecule has 1 aliphatic rings. The number of nitrogens with zero attached hydrogens (tertiary/aromatic N) is 4. The number of hydrogen-bond acceptors (Lipinski definition) is 6. The molecular formula is C31H34ClN5O4. The van der Waals surface area contributed by atoms with Crippen LogP contribution in [0, 0.1) is 6.92 Å². The highest BCUT2D eigenvalue weighted by atomic mass is 35.5. The third kappa shape index (κ3) is 7.05. The number of amides is 1. The maximum absolute atomic E-state index is 13.6. The Bertz CT molecular complexity index is 1510. The summed E-state index contributed by atoms with van der Waals surface area (Å²) in [4.78, 5) is 20.6. The standard InChI is InChI=1S/C31H34ClN5O4/c1-22-6-9-25(10-7-22)41-31(38)36-17-12-26-27-21-24(32)8-11-28(27)35-29(26)30(36)23(13-20-39-2)5-3-18-40-19-4-16-37-33-14-15-34-37/h3,5-11,13-15,21,30,35H,4,12,16-20H2,1-2H3. The molecule has 41 heavy (non-hydrogen) atoms. The number of halogens is 1. The Morgan fingerprint density at radius 1 is 1.15 bits per heavy atom. The van der Waals surface area contributed by atoms with Crippen molar-refractivity contribution in [2.75, 3.05) is 33.5 Å². The average Bonchev–Trinajstić information content (AvgIpc) is 3.62. The number of H-pyrrole nitrogens is 1. The van der Waals surface area contributed by atoms with Gasteiger partial charge < -0.3 is 19.2 Å². The second-order valence-corrected chi connectivity index (χ2v) is 10.3. The van der Waals surface area contributed by atoms with Crippen LogP contribution < -0.4 is 4.74 Å². The van der Waals surface area contributed by atoms with E-state index in [2.05, 4.69) is 15.2 Å². The molecule has 0 saturated carbocycles. The van der Waals surface area contributed by atoms with Gasteiger partial charge in [0.2, 0.25) is 0 Å². The molecule has 0 aliphatic carbocycles. The molecule has 1 aliphatic heterocycles. The van der Waals surface area contributed by atoms with Gasteiger partial charge in [0.05, 0.1) is 32.2 Å². The fourth-order valence-corrected chi connectivity index (χ4v) is 5.19. The van der Waals surface area contributed by atoms with Crippen LogP contribution in [-0.4, -0.2) is 64.4 Å². The Morgan fingerprint density at radius 3 is 2.73 bits per heavy atom. The average molecular weight is 576 g/mol. The summed E-state index contributed by atoms with van der Waals surface area (Å²) < 4.78 is 17.1. The lowest BCUT2D eigenvalue weighted by Gasteiger charge is -2.36. The van der Waals surface area contributed by atoms with Gasteiger partial charge in [-0.1, -0.05) is 47.5 Å². The summed E-state index contributed by atoms with van der Waals surface area (Å²) >= 11 is 6.36. The van der Waals surface area contributed by atoms with E-state index in [9.17, 15) is 4.79 Å². The smallest absolute Gasteiger partial charge is 0.410 e. The van der Waals surface area contributed by atoms with Crippen molar-refractivity contribution in [3.8, 4) is 5.75 Å². The Kier molecular flexibility index (Phi) is 9.51. The number of carbonyl (C=O) groups is 1. The number of carbonyl (C=O) groups excluding carboxylic acids is 1. The predicted molar refractivity (Wildman–Crippen MR) is 158 cm³/mol. The van der Waals surface area contributed by atoms with E-state index >= 15 is 0 Å². The molecule has 1 amide bonds. The molecule has 1 N–H and O–H groups in total. The van der Waals surface area contributed by atoms with Gasteiger partial charge in [-0.2, -0.15) is 15.0 Å². The topological polar surface area (TPSA) is 94.5 Å². The quantitative estimate of drug-likeness (QED) is 0.173. The van der Waals surface area contributed by atoms with E-state index in [4.69, 9.17) is 25.8 Å². The monoisotopic (exact) mass is 575 g/mol. The summed E-state index contributed by atoms with van der Waals surface area (Å²) in [6.45, 7) is 4.56. The van der Waals surface area contributed by atoms with Gasteiger partial charge in [-0.05, 0) is 61.2 Å². The van der Waals surface area contributed by atoms with Crippen molar-refractivity contribution in [1.82, 2.24) is 24.9 Å². The Morgan fingerprint density at radius 2 is 1.95 bits per heavy atom. The van der Waals surface area contributed by atoms with Crippen LogP contribution in [0.2, 0.25) is 5.02 Å². The van der Waals surface area contributed by atoms with Crippen molar-refractivity contribution >= 4 is 28.6 Å². The van der Waals surface area contributed by atoms with Crippen LogP contribution in [0.15, 0.2) is 78.7 Å². The molecular weight excluding hydrogens is 542 g/mol. The maximum atomic E-state index is 13.6. The van der Waals surface area contributed by atoms with Gasteiger partial charge in [0.15, 0.2) is 0 Å². The molecule has 0 bridgehead atoms. The van der Waals surface area contributed by atoms with Gasteiger partial charge in [-0.25, -0.2) is 4.79 Å². The van der Waals surface area contributed by atoms with Gasteiger partial charge >= 0.3 is 6.09 Å². The molecule has 9 nitrogen and oxygen atoms in total. The summed E-state index contributed by atoms with van der Waals surface area (Å²) in [5.41, 5.74) is 5.05. The highest BCUT2D eigenvalue weighted by molar-refractivity contribution is 6.31. The van der Waals surface area contributed by atoms with Gasteiger partial charge in [-0.15, -0.1) is 0 Å². The van der Waals surface area contributed by atoms with Crippen molar-refractivity contribution in [2.24, 2.45) is 0 Å². The van der Waals surface area contributed by atoms with Gasteiger partial charge in [0.25, 0.3) is 0 Å². The number of benzene rings is 2. The number of ether oxygens (including phenoxy) is 3. The van der Waals surface area contributed by atoms with Crippen LogP contribution in [0.4, 0.5) is 4.79 Å². The third-order valence-electron chi connectivity index (χ3n) is 6.99. The van der Waals surface area contributed by atoms with Gasteiger partial charge in [0.1, 0.15) is 11.8 Å². The Labute approximate surface area is 244 Å². The van der Waals surface area contributed by atoms with E-state index in [1.165, 1.54) is 0 Å². The fraction of sp³-hybridized carbons (Fsp3) is 0.323. The van der Waals surface area contributed by atoms with Crippen LogP contribution in [0.5, 0.6) is 5.75 Å². The van der Waals surface area contributed by atoms with Gasteiger partial charge in [-0.3, -0.25) is 4.90 Å². The Balaban J connectivity index is 1.39. The number of fused-ring (bicyclic) bond motifs is 3. The minimum absolute atomic E-state index is 0.385. The summed E-state index contributed by atoms with van der Waals surface area (Å²) in [6, 6.07) is 12.9. The molecule has 1 atom stereocenters. The van der Waals surface area contributed by atoms with E-state index in [0.717, 1.165) is 39.7 Å². The highest BCUT2D eigenvalue weighted by Gasteiger charge is 2.36. The molecule has 5 rings (SSSR count). The lowest BCUT2D eigenvalue weighted by molar-refractivity contribution is 0.134. The molecule has 1 unspecified atom stereocenters. The second-order valence-electron chi connectivity index (χ2n) is 9.85. The summed E-state index contributed by atoms with van der Waals surface area (Å²) in [5.74, 6) is 0.505. The van der Waals surface area contributed by atoms with E-state index in [1.54, 1.807) is 29.2 Å². The minimum atomic E-state index is -0.417. The normalized spacial score (nSPS) is 15.5. The van der Waals surface area contributed by atoms with Crippen LogP contribution >= 0.6 is 11.6 Å². The first-order valence-corrected chi connectivity index (χ1v) is 14.0. The fourth-order valence-electron chi connectivity index (χ4n) is 5.02. The number of methoxy groups -OCH3 is 1. The third-order valence-corrected chi connectivity index (χ3v) is 7.22. The molecule has 2 aromatic carbocycles. The molecule has 10 heteroatoms. The largest absolute Gasteiger partial charge is 0.416 e. The second kappa shape index (κ2) is 13.6. The summed E-state index contributed by atoms with van der Waals surface area (Å²) in [6.07, 6.45) is 10.3. The molecule has 0 saturated heterocycles. The number of aromatic amines is 1. The van der Waals surface area contributed by atoms with E-state index in [0.29, 0.717) is 50.1 Å². The summed E-state index contributed by atoms with van der Waals surface area (Å²) in [7, 11) is 1.65. The van der Waals surface area contributed by atoms with E-state index < -0.39 is 12.1 Å². The summed E-state index contributed by atoms with van der Waals surface area (Å²) in [5, 5.41) is 9.95. The first-order chi connectivity index (χ1) is 20.0. The highest BCUT2D eigenvalue weighted by Crippen LogP contribution is 2.40. The molecule has 214 valence electrons. The lowest BCUT2D eigenvalue weighted by atomic mass is 9.92. The zero-order valence-corrected chi connectivity index (χ0v) is 24.0. The molecule has 3 heterocycles. The molecule has 0 fully saturated rings. The van der Waals surface area contributed by atoms with Crippen molar-refractivity contribution in [3.63, 3.8) is 0 Å². The van der Waals surface area contributed by atoms with Crippen LogP contribution in [-0.2, 0) is 22.4 Å². The number of rotatable bonds is 11. The zero-order chi connectivity index (χ0) is 28.6. The SMILES string of the molecule is COCC=C(C=CCOCCCn1nccn1)C1c2[nH]c3ccc(Cl)cc3c2CCN1C(=O)Oc1ccc(C)cc1. The maximum Gasteiger partial charge on any atom is 0.416 e. The molecule has 0 spiro atoms. The number of hydrogen-bond donors (Lipinski definition) is 1. The number of aromatic nitrogens is 4. The van der Waals surface area contributed by atoms with Crippen molar-refractivity contribution in [3.05, 3.63) is 101 Å². The molecule has 2 aromatic heterocycles. The Hall–Kier alpha value is -3.92. The van der Waals surface area contributed by atoms with Crippen molar-refractivity contribution in [1.29, 1.82) is 0 Å². The first kappa shape index (κ1) is 28.6. The van der Waals surface area contributed by atoms with Crippen LogP contribution in [0.1, 0.15) is 29.3 Å². The zero-order valence-electron chi connectivity index (χ0n) is 23.3.